The van der Waals surface area contributed by atoms with Gasteiger partial charge in [-0.3, -0.25) is 4.72 Å². The van der Waals surface area contributed by atoms with Gasteiger partial charge in [-0.15, -0.1) is 0 Å². The van der Waals surface area contributed by atoms with E-state index in [1.165, 1.54) is 6.20 Å². The molecule has 146 valence electrons. The molecule has 0 spiro atoms. The third kappa shape index (κ3) is 4.43. The first-order chi connectivity index (χ1) is 13.3. The lowest BCUT2D eigenvalue weighted by molar-refractivity contribution is 0.416. The molecule has 0 aliphatic carbocycles. The number of aryl methyl sites for hydroxylation is 3. The van der Waals surface area contributed by atoms with Crippen LogP contribution in [0.4, 0.5) is 17.2 Å². The summed E-state index contributed by atoms with van der Waals surface area (Å²) in [7, 11) is -2.07. The molecule has 1 aromatic heterocycles. The third-order valence-electron chi connectivity index (χ3n) is 4.25. The van der Waals surface area contributed by atoms with Gasteiger partial charge in [-0.25, -0.2) is 13.4 Å². The first-order valence-corrected chi connectivity index (χ1v) is 10.2. The highest BCUT2D eigenvalue weighted by atomic mass is 32.2. The Morgan fingerprint density at radius 2 is 1.64 bits per heavy atom. The molecule has 1 heterocycles. The molecule has 0 aliphatic heterocycles. The van der Waals surface area contributed by atoms with Gasteiger partial charge in [0.05, 0.1) is 29.6 Å². The number of methoxy groups -OCH3 is 1. The molecule has 3 rings (SSSR count). The van der Waals surface area contributed by atoms with Crippen molar-refractivity contribution in [2.24, 2.45) is 0 Å². The number of nitrogens with one attached hydrogen (secondary N) is 2. The lowest BCUT2D eigenvalue weighted by Crippen LogP contribution is -2.14. The maximum atomic E-state index is 12.7. The Labute approximate surface area is 165 Å². The quantitative estimate of drug-likeness (QED) is 0.637. The van der Waals surface area contributed by atoms with E-state index in [2.05, 4.69) is 15.0 Å². The molecular formula is C21H23N3O3S. The molecule has 0 amide bonds. The van der Waals surface area contributed by atoms with E-state index in [1.54, 1.807) is 38.3 Å². The van der Waals surface area contributed by atoms with E-state index in [9.17, 15) is 8.42 Å². The SMILES string of the molecule is COc1ccc(C)cc1Nc1ccc(NS(=O)(=O)c2ccc(C)cc2C)cn1. The molecule has 28 heavy (non-hydrogen) atoms. The van der Waals surface area contributed by atoms with Gasteiger partial charge in [-0.05, 0) is 62.2 Å². The van der Waals surface area contributed by atoms with Crippen LogP contribution in [0.25, 0.3) is 0 Å². The van der Waals surface area contributed by atoms with Crippen LogP contribution in [0.1, 0.15) is 16.7 Å². The van der Waals surface area contributed by atoms with E-state index in [0.717, 1.165) is 16.8 Å². The normalized spacial score (nSPS) is 11.1. The van der Waals surface area contributed by atoms with Crippen LogP contribution in [0.15, 0.2) is 59.6 Å². The van der Waals surface area contributed by atoms with E-state index in [4.69, 9.17) is 4.74 Å². The first-order valence-electron chi connectivity index (χ1n) is 8.76. The number of rotatable bonds is 6. The number of pyridine rings is 1. The minimum Gasteiger partial charge on any atom is -0.495 e. The van der Waals surface area contributed by atoms with Crippen molar-refractivity contribution < 1.29 is 13.2 Å². The Morgan fingerprint density at radius 3 is 2.29 bits per heavy atom. The third-order valence-corrected chi connectivity index (χ3v) is 5.79. The fourth-order valence-corrected chi connectivity index (χ4v) is 4.17. The second-order valence-electron chi connectivity index (χ2n) is 6.64. The predicted octanol–water partition coefficient (Wildman–Crippen LogP) is 4.56. The van der Waals surface area contributed by atoms with Crippen LogP contribution in [0, 0.1) is 20.8 Å². The van der Waals surface area contributed by atoms with Crippen molar-refractivity contribution >= 4 is 27.2 Å². The molecule has 0 aliphatic rings. The second-order valence-corrected chi connectivity index (χ2v) is 8.29. The Bertz CT molecular complexity index is 1090. The summed E-state index contributed by atoms with van der Waals surface area (Å²) in [5, 5.41) is 3.19. The number of benzene rings is 2. The topological polar surface area (TPSA) is 80.3 Å². The van der Waals surface area contributed by atoms with Gasteiger partial charge in [-0.1, -0.05) is 23.8 Å². The van der Waals surface area contributed by atoms with Crippen LogP contribution in [0.3, 0.4) is 0 Å². The van der Waals surface area contributed by atoms with Gasteiger partial charge in [0.25, 0.3) is 10.0 Å². The first kappa shape index (κ1) is 19.7. The number of anilines is 3. The van der Waals surface area contributed by atoms with Gasteiger partial charge in [0, 0.05) is 0 Å². The van der Waals surface area contributed by atoms with E-state index >= 15 is 0 Å². The summed E-state index contributed by atoms with van der Waals surface area (Å²) < 4.78 is 33.2. The van der Waals surface area contributed by atoms with E-state index in [0.29, 0.717) is 22.8 Å². The highest BCUT2D eigenvalue weighted by Gasteiger charge is 2.17. The van der Waals surface area contributed by atoms with Crippen molar-refractivity contribution in [3.63, 3.8) is 0 Å². The summed E-state index contributed by atoms with van der Waals surface area (Å²) in [6, 6.07) is 14.4. The van der Waals surface area contributed by atoms with Gasteiger partial charge in [0.2, 0.25) is 0 Å². The number of aromatic nitrogens is 1. The largest absolute Gasteiger partial charge is 0.495 e. The maximum Gasteiger partial charge on any atom is 0.262 e. The van der Waals surface area contributed by atoms with Crippen LogP contribution < -0.4 is 14.8 Å². The van der Waals surface area contributed by atoms with Crippen LogP contribution >= 0.6 is 0 Å². The molecule has 3 aromatic rings. The molecular weight excluding hydrogens is 374 g/mol. The van der Waals surface area contributed by atoms with Crippen LogP contribution in [-0.2, 0) is 10.0 Å². The summed E-state index contributed by atoms with van der Waals surface area (Å²) >= 11 is 0. The van der Waals surface area contributed by atoms with Crippen molar-refractivity contribution in [2.75, 3.05) is 17.1 Å². The molecule has 7 heteroatoms. The molecule has 0 bridgehead atoms. The average Bonchev–Trinajstić information content (AvgIpc) is 2.63. The lowest BCUT2D eigenvalue weighted by Gasteiger charge is -2.13. The van der Waals surface area contributed by atoms with Crippen molar-refractivity contribution in [2.45, 2.75) is 25.7 Å². The summed E-state index contributed by atoms with van der Waals surface area (Å²) in [5.41, 5.74) is 3.98. The van der Waals surface area contributed by atoms with Gasteiger partial charge < -0.3 is 10.1 Å². The van der Waals surface area contributed by atoms with E-state index in [-0.39, 0.29) is 4.90 Å². The average molecular weight is 398 g/mol. The Kier molecular flexibility index (Phi) is 5.56. The molecule has 2 N–H and O–H groups in total. The Balaban J connectivity index is 1.79. The number of hydrogen-bond donors (Lipinski definition) is 2. The number of hydrogen-bond acceptors (Lipinski definition) is 5. The van der Waals surface area contributed by atoms with Crippen LogP contribution in [-0.4, -0.2) is 20.5 Å². The zero-order chi connectivity index (χ0) is 20.3. The smallest absolute Gasteiger partial charge is 0.262 e. The lowest BCUT2D eigenvalue weighted by atomic mass is 10.2. The van der Waals surface area contributed by atoms with Gasteiger partial charge in [0.1, 0.15) is 11.6 Å². The summed E-state index contributed by atoms with van der Waals surface area (Å²) in [5.74, 6) is 1.28. The van der Waals surface area contributed by atoms with Crippen molar-refractivity contribution in [3.8, 4) is 5.75 Å². The molecule has 0 fully saturated rings. The van der Waals surface area contributed by atoms with Crippen molar-refractivity contribution in [1.82, 2.24) is 4.98 Å². The van der Waals surface area contributed by atoms with Gasteiger partial charge in [0.15, 0.2) is 0 Å². The standard InChI is InChI=1S/C21H23N3O3S/c1-14-6-9-20(16(3)11-14)28(25,26)24-17-7-10-21(22-13-17)23-18-12-15(2)5-8-19(18)27-4/h5-13,24H,1-4H3,(H,22,23). The Hall–Kier alpha value is -3.06. The number of ether oxygens (including phenoxy) is 1. The summed E-state index contributed by atoms with van der Waals surface area (Å²) in [4.78, 5) is 4.55. The minimum absolute atomic E-state index is 0.254. The number of nitrogens with zero attached hydrogens (tertiary/aromatic N) is 1. The maximum absolute atomic E-state index is 12.7. The predicted molar refractivity (Wildman–Crippen MR) is 112 cm³/mol. The molecule has 0 unspecified atom stereocenters. The van der Waals surface area contributed by atoms with Crippen molar-refractivity contribution in [3.05, 3.63) is 71.4 Å². The van der Waals surface area contributed by atoms with Crippen LogP contribution in [0.2, 0.25) is 0 Å². The fourth-order valence-electron chi connectivity index (χ4n) is 2.90. The highest BCUT2D eigenvalue weighted by Crippen LogP contribution is 2.28. The molecule has 0 saturated heterocycles. The van der Waals surface area contributed by atoms with E-state index < -0.39 is 10.0 Å². The molecule has 0 saturated carbocycles. The minimum atomic E-state index is -3.68. The van der Waals surface area contributed by atoms with Crippen LogP contribution in [0.5, 0.6) is 5.75 Å². The second kappa shape index (κ2) is 7.90. The number of sulfonamides is 1. The summed E-state index contributed by atoms with van der Waals surface area (Å²) in [6.07, 6.45) is 1.48. The zero-order valence-corrected chi connectivity index (χ0v) is 17.1. The fraction of sp³-hybridized carbons (Fsp3) is 0.190. The molecule has 0 atom stereocenters. The molecule has 6 nitrogen and oxygen atoms in total. The summed E-state index contributed by atoms with van der Waals surface area (Å²) in [6.45, 7) is 5.70. The highest BCUT2D eigenvalue weighted by molar-refractivity contribution is 7.92. The van der Waals surface area contributed by atoms with Crippen molar-refractivity contribution in [1.29, 1.82) is 0 Å². The molecule has 2 aromatic carbocycles. The Morgan fingerprint density at radius 1 is 0.929 bits per heavy atom. The van der Waals surface area contributed by atoms with E-state index in [1.807, 2.05) is 38.1 Å². The zero-order valence-electron chi connectivity index (χ0n) is 16.3. The van der Waals surface area contributed by atoms with Gasteiger partial charge >= 0.3 is 0 Å². The van der Waals surface area contributed by atoms with Gasteiger partial charge in [-0.2, -0.15) is 0 Å². The molecule has 0 radical (unpaired) electrons. The monoisotopic (exact) mass is 397 g/mol.